The SMILES string of the molecule is O=C(Nc1ccc(NCc2ccncc2)nn1)C1CCCO1. The lowest BCUT2D eigenvalue weighted by Crippen LogP contribution is -2.27. The molecule has 1 aliphatic heterocycles. The van der Waals surface area contributed by atoms with Crippen molar-refractivity contribution < 1.29 is 9.53 Å². The number of pyridine rings is 1. The number of rotatable bonds is 5. The molecule has 7 nitrogen and oxygen atoms in total. The Labute approximate surface area is 128 Å². The first-order chi connectivity index (χ1) is 10.8. The van der Waals surface area contributed by atoms with E-state index < -0.39 is 0 Å². The molecule has 22 heavy (non-hydrogen) atoms. The number of carbonyl (C=O) groups excluding carboxylic acids is 1. The molecule has 0 bridgehead atoms. The minimum Gasteiger partial charge on any atom is -0.368 e. The van der Waals surface area contributed by atoms with Crippen molar-refractivity contribution in [1.82, 2.24) is 15.2 Å². The van der Waals surface area contributed by atoms with E-state index in [2.05, 4.69) is 25.8 Å². The summed E-state index contributed by atoms with van der Waals surface area (Å²) in [6, 6.07) is 7.35. The Balaban J connectivity index is 1.52. The number of hydrogen-bond acceptors (Lipinski definition) is 6. The lowest BCUT2D eigenvalue weighted by atomic mass is 10.2. The molecule has 1 fully saturated rings. The average Bonchev–Trinajstić information content (AvgIpc) is 3.10. The van der Waals surface area contributed by atoms with E-state index in [1.165, 1.54) is 0 Å². The highest BCUT2D eigenvalue weighted by Gasteiger charge is 2.23. The minimum atomic E-state index is -0.369. The molecule has 0 spiro atoms. The summed E-state index contributed by atoms with van der Waals surface area (Å²) in [5.74, 6) is 0.909. The predicted octanol–water partition coefficient (Wildman–Crippen LogP) is 1.60. The Hall–Kier alpha value is -2.54. The Morgan fingerprint density at radius 1 is 1.18 bits per heavy atom. The molecule has 0 aromatic carbocycles. The van der Waals surface area contributed by atoms with Gasteiger partial charge < -0.3 is 15.4 Å². The maximum absolute atomic E-state index is 11.9. The number of carbonyl (C=O) groups is 1. The van der Waals surface area contributed by atoms with Crippen molar-refractivity contribution in [3.63, 3.8) is 0 Å². The molecule has 1 atom stereocenters. The van der Waals surface area contributed by atoms with Crippen molar-refractivity contribution in [3.05, 3.63) is 42.2 Å². The van der Waals surface area contributed by atoms with E-state index in [-0.39, 0.29) is 12.0 Å². The third-order valence-electron chi connectivity index (χ3n) is 3.36. The zero-order valence-corrected chi connectivity index (χ0v) is 12.0. The summed E-state index contributed by atoms with van der Waals surface area (Å²) in [5, 5.41) is 13.9. The van der Waals surface area contributed by atoms with Gasteiger partial charge in [0, 0.05) is 25.5 Å². The number of aromatic nitrogens is 3. The van der Waals surface area contributed by atoms with E-state index in [1.807, 2.05) is 12.1 Å². The minimum absolute atomic E-state index is 0.163. The summed E-state index contributed by atoms with van der Waals surface area (Å²) in [6.07, 6.45) is 4.79. The van der Waals surface area contributed by atoms with Crippen LogP contribution in [0.1, 0.15) is 18.4 Å². The first kappa shape index (κ1) is 14.4. The van der Waals surface area contributed by atoms with Gasteiger partial charge >= 0.3 is 0 Å². The van der Waals surface area contributed by atoms with Crippen LogP contribution in [0.25, 0.3) is 0 Å². The summed E-state index contributed by atoms with van der Waals surface area (Å²) in [6.45, 7) is 1.28. The standard InChI is InChI=1S/C15H17N5O2/c21-15(12-2-1-9-22-12)18-14-4-3-13(19-20-14)17-10-11-5-7-16-8-6-11/h3-8,12H,1-2,9-10H2,(H,17,19)(H,18,20,21). The largest absolute Gasteiger partial charge is 0.368 e. The molecule has 3 heterocycles. The quantitative estimate of drug-likeness (QED) is 0.871. The molecule has 2 N–H and O–H groups in total. The molecule has 7 heteroatoms. The molecule has 1 amide bonds. The van der Waals surface area contributed by atoms with Crippen LogP contribution in [0, 0.1) is 0 Å². The van der Waals surface area contributed by atoms with Gasteiger partial charge in [-0.15, -0.1) is 10.2 Å². The summed E-state index contributed by atoms with van der Waals surface area (Å²) >= 11 is 0. The van der Waals surface area contributed by atoms with Crippen molar-refractivity contribution in [2.45, 2.75) is 25.5 Å². The second-order valence-electron chi connectivity index (χ2n) is 5.00. The second-order valence-corrected chi connectivity index (χ2v) is 5.00. The van der Waals surface area contributed by atoms with Crippen LogP contribution in [0.5, 0.6) is 0 Å². The van der Waals surface area contributed by atoms with E-state index in [0.29, 0.717) is 24.8 Å². The molecule has 0 aliphatic carbocycles. The van der Waals surface area contributed by atoms with E-state index in [1.54, 1.807) is 24.5 Å². The number of amides is 1. The zero-order valence-electron chi connectivity index (χ0n) is 12.0. The summed E-state index contributed by atoms with van der Waals surface area (Å²) in [7, 11) is 0. The zero-order chi connectivity index (χ0) is 15.2. The molecular weight excluding hydrogens is 282 g/mol. The molecule has 1 aliphatic rings. The van der Waals surface area contributed by atoms with Gasteiger partial charge in [-0.25, -0.2) is 0 Å². The van der Waals surface area contributed by atoms with Crippen LogP contribution in [-0.4, -0.2) is 33.8 Å². The lowest BCUT2D eigenvalue weighted by Gasteiger charge is -2.10. The van der Waals surface area contributed by atoms with E-state index in [9.17, 15) is 4.79 Å². The van der Waals surface area contributed by atoms with Crippen LogP contribution in [0.3, 0.4) is 0 Å². The van der Waals surface area contributed by atoms with Crippen LogP contribution in [0.4, 0.5) is 11.6 Å². The highest BCUT2D eigenvalue weighted by atomic mass is 16.5. The third kappa shape index (κ3) is 3.76. The fourth-order valence-electron chi connectivity index (χ4n) is 2.18. The van der Waals surface area contributed by atoms with Crippen molar-refractivity contribution in [3.8, 4) is 0 Å². The highest BCUT2D eigenvalue weighted by Crippen LogP contribution is 2.14. The second kappa shape index (κ2) is 6.95. The van der Waals surface area contributed by atoms with Gasteiger partial charge in [-0.05, 0) is 42.7 Å². The number of nitrogens with zero attached hydrogens (tertiary/aromatic N) is 3. The fraction of sp³-hybridized carbons (Fsp3) is 0.333. The van der Waals surface area contributed by atoms with E-state index in [4.69, 9.17) is 4.74 Å². The maximum Gasteiger partial charge on any atom is 0.254 e. The van der Waals surface area contributed by atoms with Gasteiger partial charge in [0.1, 0.15) is 11.9 Å². The van der Waals surface area contributed by atoms with Gasteiger partial charge in [0.25, 0.3) is 5.91 Å². The topological polar surface area (TPSA) is 89.0 Å². The molecule has 0 saturated carbocycles. The normalized spacial score (nSPS) is 17.2. The third-order valence-corrected chi connectivity index (χ3v) is 3.36. The molecule has 114 valence electrons. The molecule has 0 radical (unpaired) electrons. The van der Waals surface area contributed by atoms with E-state index in [0.717, 1.165) is 18.4 Å². The fourth-order valence-corrected chi connectivity index (χ4v) is 2.18. The smallest absolute Gasteiger partial charge is 0.254 e. The molecular formula is C15H17N5O2. The Bertz CT molecular complexity index is 612. The Morgan fingerprint density at radius 3 is 2.64 bits per heavy atom. The van der Waals surface area contributed by atoms with Gasteiger partial charge in [-0.1, -0.05) is 0 Å². The van der Waals surface area contributed by atoms with Crippen molar-refractivity contribution in [2.75, 3.05) is 17.2 Å². The van der Waals surface area contributed by atoms with Gasteiger partial charge in [0.15, 0.2) is 5.82 Å². The molecule has 2 aromatic rings. The predicted molar refractivity (Wildman–Crippen MR) is 81.2 cm³/mol. The Morgan fingerprint density at radius 2 is 1.95 bits per heavy atom. The number of ether oxygens (including phenoxy) is 1. The van der Waals surface area contributed by atoms with Crippen molar-refractivity contribution in [2.24, 2.45) is 0 Å². The Kier molecular flexibility index (Phi) is 4.55. The summed E-state index contributed by atoms with van der Waals surface area (Å²) < 4.78 is 5.32. The molecule has 1 saturated heterocycles. The van der Waals surface area contributed by atoms with Gasteiger partial charge in [0.2, 0.25) is 0 Å². The highest BCUT2D eigenvalue weighted by molar-refractivity contribution is 5.93. The van der Waals surface area contributed by atoms with Crippen LogP contribution >= 0.6 is 0 Å². The molecule has 2 aromatic heterocycles. The van der Waals surface area contributed by atoms with Gasteiger partial charge in [-0.2, -0.15) is 0 Å². The van der Waals surface area contributed by atoms with Crippen LogP contribution in [-0.2, 0) is 16.1 Å². The first-order valence-corrected chi connectivity index (χ1v) is 7.20. The number of nitrogens with one attached hydrogen (secondary N) is 2. The molecule has 1 unspecified atom stereocenters. The van der Waals surface area contributed by atoms with Crippen molar-refractivity contribution >= 4 is 17.5 Å². The van der Waals surface area contributed by atoms with E-state index >= 15 is 0 Å². The summed E-state index contributed by atoms with van der Waals surface area (Å²) in [4.78, 5) is 15.9. The maximum atomic E-state index is 11.9. The number of hydrogen-bond donors (Lipinski definition) is 2. The van der Waals surface area contributed by atoms with Crippen LogP contribution < -0.4 is 10.6 Å². The summed E-state index contributed by atoms with van der Waals surface area (Å²) in [5.41, 5.74) is 1.10. The van der Waals surface area contributed by atoms with Gasteiger partial charge in [-0.3, -0.25) is 9.78 Å². The lowest BCUT2D eigenvalue weighted by molar-refractivity contribution is -0.124. The van der Waals surface area contributed by atoms with Crippen LogP contribution in [0.15, 0.2) is 36.7 Å². The molecule has 3 rings (SSSR count). The monoisotopic (exact) mass is 299 g/mol. The number of anilines is 2. The van der Waals surface area contributed by atoms with Gasteiger partial charge in [0.05, 0.1) is 0 Å². The average molecular weight is 299 g/mol. The van der Waals surface area contributed by atoms with Crippen LogP contribution in [0.2, 0.25) is 0 Å². The van der Waals surface area contributed by atoms with Crippen molar-refractivity contribution in [1.29, 1.82) is 0 Å². The first-order valence-electron chi connectivity index (χ1n) is 7.20.